The van der Waals surface area contributed by atoms with E-state index in [2.05, 4.69) is 80.5 Å². The van der Waals surface area contributed by atoms with Gasteiger partial charge in [-0.1, -0.05) is 37.3 Å². The van der Waals surface area contributed by atoms with E-state index in [1.807, 2.05) is 0 Å². The minimum atomic E-state index is 0.429. The molecule has 0 spiro atoms. The molecular formula is C15H17Br2NS. The van der Waals surface area contributed by atoms with E-state index in [9.17, 15) is 0 Å². The van der Waals surface area contributed by atoms with E-state index in [1.54, 1.807) is 11.3 Å². The standard InChI is InChI=1S/C15H17Br2NS/c1-2-18-13(14-10-12(16)15(17)19-14)9-8-11-6-4-3-5-7-11/h3-7,10,13,18H,2,8-9H2,1H3. The predicted octanol–water partition coefficient (Wildman–Crippen LogP) is 5.56. The van der Waals surface area contributed by atoms with Crippen molar-refractivity contribution in [2.45, 2.75) is 25.8 Å². The van der Waals surface area contributed by atoms with Gasteiger partial charge in [-0.05, 0) is 62.9 Å². The molecule has 0 aliphatic carbocycles. The van der Waals surface area contributed by atoms with Crippen LogP contribution in [0.25, 0.3) is 0 Å². The molecule has 2 aromatic rings. The molecule has 4 heteroatoms. The first-order valence-electron chi connectivity index (χ1n) is 6.42. The van der Waals surface area contributed by atoms with Crippen molar-refractivity contribution >= 4 is 43.2 Å². The summed E-state index contributed by atoms with van der Waals surface area (Å²) in [7, 11) is 0. The Balaban J connectivity index is 2.04. The van der Waals surface area contributed by atoms with Crippen LogP contribution in [0, 0.1) is 0 Å². The monoisotopic (exact) mass is 401 g/mol. The van der Waals surface area contributed by atoms with Crippen LogP contribution in [0.5, 0.6) is 0 Å². The van der Waals surface area contributed by atoms with Crippen molar-refractivity contribution in [3.63, 3.8) is 0 Å². The van der Waals surface area contributed by atoms with E-state index in [4.69, 9.17) is 0 Å². The molecular weight excluding hydrogens is 386 g/mol. The maximum Gasteiger partial charge on any atom is 0.0843 e. The summed E-state index contributed by atoms with van der Waals surface area (Å²) < 4.78 is 2.32. The second-order valence-electron chi connectivity index (χ2n) is 4.40. The third-order valence-corrected chi connectivity index (χ3v) is 6.39. The smallest absolute Gasteiger partial charge is 0.0843 e. The maximum absolute atomic E-state index is 3.58. The molecule has 1 nitrogen and oxygen atoms in total. The highest BCUT2D eigenvalue weighted by atomic mass is 79.9. The average molecular weight is 403 g/mol. The lowest BCUT2D eigenvalue weighted by atomic mass is 10.0. The summed E-state index contributed by atoms with van der Waals surface area (Å²) in [6.45, 7) is 3.15. The fraction of sp³-hybridized carbons (Fsp3) is 0.333. The van der Waals surface area contributed by atoms with Gasteiger partial charge in [0.25, 0.3) is 0 Å². The largest absolute Gasteiger partial charge is 0.310 e. The molecule has 1 unspecified atom stereocenters. The Bertz CT molecular complexity index is 491. The first-order valence-corrected chi connectivity index (χ1v) is 8.83. The molecule has 1 N–H and O–H groups in total. The van der Waals surface area contributed by atoms with Crippen molar-refractivity contribution in [1.29, 1.82) is 0 Å². The Kier molecular flexibility index (Phi) is 6.07. The molecule has 1 atom stereocenters. The number of hydrogen-bond acceptors (Lipinski definition) is 2. The lowest BCUT2D eigenvalue weighted by Gasteiger charge is -2.16. The fourth-order valence-electron chi connectivity index (χ4n) is 2.08. The minimum absolute atomic E-state index is 0.429. The Labute approximate surface area is 135 Å². The Morgan fingerprint density at radius 2 is 1.95 bits per heavy atom. The number of nitrogens with one attached hydrogen (secondary N) is 1. The summed E-state index contributed by atoms with van der Waals surface area (Å²) in [6, 6.07) is 13.3. The molecule has 19 heavy (non-hydrogen) atoms. The highest BCUT2D eigenvalue weighted by molar-refractivity contribution is 9.13. The molecule has 0 bridgehead atoms. The zero-order valence-electron chi connectivity index (χ0n) is 10.8. The van der Waals surface area contributed by atoms with Gasteiger partial charge in [0, 0.05) is 15.4 Å². The van der Waals surface area contributed by atoms with Crippen LogP contribution < -0.4 is 5.32 Å². The van der Waals surface area contributed by atoms with Crippen molar-refractivity contribution in [2.24, 2.45) is 0 Å². The van der Waals surface area contributed by atoms with Gasteiger partial charge < -0.3 is 5.32 Å². The molecule has 102 valence electrons. The zero-order chi connectivity index (χ0) is 13.7. The van der Waals surface area contributed by atoms with Crippen molar-refractivity contribution in [2.75, 3.05) is 6.54 Å². The van der Waals surface area contributed by atoms with Crippen molar-refractivity contribution in [1.82, 2.24) is 5.32 Å². The number of rotatable bonds is 6. The average Bonchev–Trinajstić information content (AvgIpc) is 2.76. The minimum Gasteiger partial charge on any atom is -0.310 e. The van der Waals surface area contributed by atoms with Gasteiger partial charge in [0.05, 0.1) is 3.79 Å². The van der Waals surface area contributed by atoms with E-state index in [1.165, 1.54) is 14.2 Å². The lowest BCUT2D eigenvalue weighted by Crippen LogP contribution is -2.20. The van der Waals surface area contributed by atoms with Crippen LogP contribution in [0.2, 0.25) is 0 Å². The van der Waals surface area contributed by atoms with E-state index >= 15 is 0 Å². The number of thiophene rings is 1. The highest BCUT2D eigenvalue weighted by Crippen LogP contribution is 2.36. The number of aryl methyl sites for hydroxylation is 1. The Morgan fingerprint density at radius 3 is 2.53 bits per heavy atom. The molecule has 0 amide bonds. The normalized spacial score (nSPS) is 12.6. The van der Waals surface area contributed by atoms with Gasteiger partial charge in [-0.15, -0.1) is 11.3 Å². The molecule has 0 saturated carbocycles. The van der Waals surface area contributed by atoms with Crippen LogP contribution in [-0.2, 0) is 6.42 Å². The predicted molar refractivity (Wildman–Crippen MR) is 90.9 cm³/mol. The van der Waals surface area contributed by atoms with Crippen LogP contribution in [0.3, 0.4) is 0 Å². The van der Waals surface area contributed by atoms with Crippen LogP contribution in [-0.4, -0.2) is 6.54 Å². The van der Waals surface area contributed by atoms with Gasteiger partial charge in [0.2, 0.25) is 0 Å². The van der Waals surface area contributed by atoms with Gasteiger partial charge >= 0.3 is 0 Å². The van der Waals surface area contributed by atoms with E-state index in [0.717, 1.165) is 23.9 Å². The summed E-state index contributed by atoms with van der Waals surface area (Å²) >= 11 is 8.95. The van der Waals surface area contributed by atoms with Crippen LogP contribution in [0.4, 0.5) is 0 Å². The molecule has 1 aromatic heterocycles. The molecule has 0 fully saturated rings. The van der Waals surface area contributed by atoms with Gasteiger partial charge in [-0.2, -0.15) is 0 Å². The number of benzene rings is 1. The fourth-order valence-corrected chi connectivity index (χ4v) is 4.28. The quantitative estimate of drug-likeness (QED) is 0.667. The van der Waals surface area contributed by atoms with Crippen LogP contribution in [0.15, 0.2) is 44.7 Å². The highest BCUT2D eigenvalue weighted by Gasteiger charge is 2.14. The number of hydrogen-bond donors (Lipinski definition) is 1. The van der Waals surface area contributed by atoms with E-state index in [0.29, 0.717) is 6.04 Å². The van der Waals surface area contributed by atoms with E-state index in [-0.39, 0.29) is 0 Å². The zero-order valence-corrected chi connectivity index (χ0v) is 14.8. The molecule has 1 aromatic carbocycles. The third-order valence-electron chi connectivity index (χ3n) is 3.02. The van der Waals surface area contributed by atoms with E-state index < -0.39 is 0 Å². The van der Waals surface area contributed by atoms with Crippen molar-refractivity contribution in [3.8, 4) is 0 Å². The van der Waals surface area contributed by atoms with Gasteiger partial charge in [0.1, 0.15) is 0 Å². The summed E-state index contributed by atoms with van der Waals surface area (Å²) in [4.78, 5) is 1.39. The first-order chi connectivity index (χ1) is 9.20. The van der Waals surface area contributed by atoms with Crippen molar-refractivity contribution < 1.29 is 0 Å². The summed E-state index contributed by atoms with van der Waals surface area (Å²) in [6.07, 6.45) is 2.23. The summed E-state index contributed by atoms with van der Waals surface area (Å²) in [5, 5.41) is 3.58. The van der Waals surface area contributed by atoms with Gasteiger partial charge in [0.15, 0.2) is 0 Å². The second-order valence-corrected chi connectivity index (χ2v) is 7.66. The Hall–Kier alpha value is -0.160. The number of halogens is 2. The molecule has 0 saturated heterocycles. The van der Waals surface area contributed by atoms with Crippen LogP contribution in [0.1, 0.15) is 29.8 Å². The van der Waals surface area contributed by atoms with Gasteiger partial charge in [-0.3, -0.25) is 0 Å². The van der Waals surface area contributed by atoms with Crippen LogP contribution >= 0.6 is 43.2 Å². The third kappa shape index (κ3) is 4.42. The topological polar surface area (TPSA) is 12.0 Å². The molecule has 2 rings (SSSR count). The molecule has 0 radical (unpaired) electrons. The lowest BCUT2D eigenvalue weighted by molar-refractivity contribution is 0.523. The SMILES string of the molecule is CCNC(CCc1ccccc1)c1cc(Br)c(Br)s1. The Morgan fingerprint density at radius 1 is 1.21 bits per heavy atom. The molecule has 0 aliphatic rings. The molecule has 0 aliphatic heterocycles. The molecule has 1 heterocycles. The van der Waals surface area contributed by atoms with Crippen molar-refractivity contribution in [3.05, 3.63) is 55.1 Å². The summed E-state index contributed by atoms with van der Waals surface area (Å²) in [5.74, 6) is 0. The maximum atomic E-state index is 3.58. The second kappa shape index (κ2) is 7.58. The van der Waals surface area contributed by atoms with Gasteiger partial charge in [-0.25, -0.2) is 0 Å². The first kappa shape index (κ1) is 15.2. The summed E-state index contributed by atoms with van der Waals surface area (Å²) in [5.41, 5.74) is 1.40.